The largest absolute Gasteiger partial charge is 0.493 e. The summed E-state index contributed by atoms with van der Waals surface area (Å²) in [4.78, 5) is 17.3. The van der Waals surface area contributed by atoms with E-state index in [0.29, 0.717) is 30.1 Å². The van der Waals surface area contributed by atoms with Crippen LogP contribution in [0.4, 0.5) is 11.4 Å². The summed E-state index contributed by atoms with van der Waals surface area (Å²) in [5.41, 5.74) is 2.88. The first kappa shape index (κ1) is 21.8. The number of hydrogen-bond donors (Lipinski definition) is 1. The molecule has 0 atom stereocenters. The van der Waals surface area contributed by atoms with Crippen LogP contribution in [0.25, 0.3) is 0 Å². The van der Waals surface area contributed by atoms with Crippen molar-refractivity contribution in [2.75, 3.05) is 64.8 Å². The Balaban J connectivity index is 1.66. The second kappa shape index (κ2) is 10.2. The molecule has 1 saturated heterocycles. The molecule has 3 rings (SSSR count). The zero-order chi connectivity index (χ0) is 21.5. The highest BCUT2D eigenvalue weighted by molar-refractivity contribution is 5.94. The minimum absolute atomic E-state index is 0.0228. The number of carbonyl (C=O) groups is 1. The highest BCUT2D eigenvalue weighted by Gasteiger charge is 2.18. The number of nitrogens with zero attached hydrogens (tertiary/aromatic N) is 2. The van der Waals surface area contributed by atoms with Gasteiger partial charge in [-0.3, -0.25) is 4.79 Å². The Kier molecular flexibility index (Phi) is 7.41. The Hall–Kier alpha value is -2.93. The van der Waals surface area contributed by atoms with Crippen LogP contribution < -0.4 is 24.4 Å². The van der Waals surface area contributed by atoms with Crippen LogP contribution in [-0.2, 0) is 11.2 Å². The molecule has 1 fully saturated rings. The summed E-state index contributed by atoms with van der Waals surface area (Å²) in [7, 11) is 6.88. The topological polar surface area (TPSA) is 63.3 Å². The van der Waals surface area contributed by atoms with E-state index in [0.717, 1.165) is 43.1 Å². The Morgan fingerprint density at radius 3 is 2.20 bits per heavy atom. The molecule has 7 nitrogen and oxygen atoms in total. The van der Waals surface area contributed by atoms with E-state index in [-0.39, 0.29) is 5.91 Å². The van der Waals surface area contributed by atoms with E-state index in [1.807, 2.05) is 30.3 Å². The maximum atomic E-state index is 12.7. The van der Waals surface area contributed by atoms with Gasteiger partial charge in [-0.05, 0) is 43.3 Å². The predicted octanol–water partition coefficient (Wildman–Crippen LogP) is 3.04. The zero-order valence-corrected chi connectivity index (χ0v) is 18.2. The summed E-state index contributed by atoms with van der Waals surface area (Å²) < 4.78 is 16.2. The first-order valence-corrected chi connectivity index (χ1v) is 10.2. The van der Waals surface area contributed by atoms with Gasteiger partial charge in [0.1, 0.15) is 0 Å². The van der Waals surface area contributed by atoms with Crippen molar-refractivity contribution in [3.8, 4) is 17.2 Å². The lowest BCUT2D eigenvalue weighted by molar-refractivity contribution is -0.116. The van der Waals surface area contributed by atoms with Crippen molar-refractivity contribution >= 4 is 17.3 Å². The number of nitrogens with one attached hydrogen (secondary N) is 1. The number of hydrogen-bond acceptors (Lipinski definition) is 6. The summed E-state index contributed by atoms with van der Waals surface area (Å²) >= 11 is 0. The summed E-state index contributed by atoms with van der Waals surface area (Å²) in [5.74, 6) is 1.71. The average molecular weight is 414 g/mol. The fourth-order valence-electron chi connectivity index (χ4n) is 3.65. The molecular formula is C23H31N3O4. The van der Waals surface area contributed by atoms with Crippen LogP contribution in [0.3, 0.4) is 0 Å². The van der Waals surface area contributed by atoms with E-state index in [4.69, 9.17) is 14.2 Å². The molecule has 0 aromatic heterocycles. The highest BCUT2D eigenvalue weighted by Crippen LogP contribution is 2.38. The molecule has 0 bridgehead atoms. The van der Waals surface area contributed by atoms with Crippen molar-refractivity contribution in [2.24, 2.45) is 0 Å². The number of carbonyl (C=O) groups excluding carboxylic acids is 1. The van der Waals surface area contributed by atoms with Gasteiger partial charge in [0.25, 0.3) is 0 Å². The quantitative estimate of drug-likeness (QED) is 0.718. The monoisotopic (exact) mass is 413 g/mol. The van der Waals surface area contributed by atoms with E-state index in [1.165, 1.54) is 0 Å². The molecule has 0 spiro atoms. The summed E-state index contributed by atoms with van der Waals surface area (Å²) in [5, 5.41) is 3.09. The van der Waals surface area contributed by atoms with Gasteiger partial charge in [-0.1, -0.05) is 12.1 Å². The van der Waals surface area contributed by atoms with Gasteiger partial charge in [-0.15, -0.1) is 0 Å². The molecule has 0 radical (unpaired) electrons. The van der Waals surface area contributed by atoms with Crippen molar-refractivity contribution < 1.29 is 19.0 Å². The normalized spacial score (nSPS) is 14.3. The van der Waals surface area contributed by atoms with Crippen LogP contribution in [0.5, 0.6) is 17.2 Å². The van der Waals surface area contributed by atoms with Crippen molar-refractivity contribution in [1.29, 1.82) is 0 Å². The number of anilines is 2. The molecule has 30 heavy (non-hydrogen) atoms. The molecule has 0 unspecified atom stereocenters. The molecule has 0 aliphatic carbocycles. The van der Waals surface area contributed by atoms with E-state index in [1.54, 1.807) is 21.3 Å². The van der Waals surface area contributed by atoms with Gasteiger partial charge < -0.3 is 29.3 Å². The molecule has 1 N–H and O–H groups in total. The Labute approximate surface area is 178 Å². The number of piperazine rings is 1. The average Bonchev–Trinajstić information content (AvgIpc) is 2.77. The maximum Gasteiger partial charge on any atom is 0.224 e. The van der Waals surface area contributed by atoms with Crippen LogP contribution >= 0.6 is 0 Å². The molecule has 1 heterocycles. The van der Waals surface area contributed by atoms with Gasteiger partial charge >= 0.3 is 0 Å². The van der Waals surface area contributed by atoms with Gasteiger partial charge in [0, 0.05) is 32.6 Å². The van der Waals surface area contributed by atoms with Crippen molar-refractivity contribution in [2.45, 2.75) is 12.8 Å². The van der Waals surface area contributed by atoms with Gasteiger partial charge in [0.15, 0.2) is 11.5 Å². The summed E-state index contributed by atoms with van der Waals surface area (Å²) in [6.07, 6.45) is 0.926. The molecule has 1 amide bonds. The number of amides is 1. The smallest absolute Gasteiger partial charge is 0.224 e. The minimum Gasteiger partial charge on any atom is -0.493 e. The van der Waals surface area contributed by atoms with Gasteiger partial charge in [0.05, 0.1) is 32.7 Å². The maximum absolute atomic E-state index is 12.7. The van der Waals surface area contributed by atoms with Gasteiger partial charge in [-0.25, -0.2) is 0 Å². The van der Waals surface area contributed by atoms with E-state index in [2.05, 4.69) is 28.2 Å². The molecule has 7 heteroatoms. The third kappa shape index (κ3) is 5.16. The van der Waals surface area contributed by atoms with Crippen molar-refractivity contribution in [3.05, 3.63) is 42.0 Å². The third-order valence-electron chi connectivity index (χ3n) is 5.39. The predicted molar refractivity (Wildman–Crippen MR) is 119 cm³/mol. The number of para-hydroxylation sites is 2. The highest BCUT2D eigenvalue weighted by atomic mass is 16.5. The van der Waals surface area contributed by atoms with Crippen molar-refractivity contribution in [1.82, 2.24) is 4.90 Å². The Bertz CT molecular complexity index is 838. The van der Waals surface area contributed by atoms with E-state index in [9.17, 15) is 4.79 Å². The molecule has 2 aromatic carbocycles. The van der Waals surface area contributed by atoms with E-state index >= 15 is 0 Å². The number of ether oxygens (including phenoxy) is 3. The van der Waals surface area contributed by atoms with Crippen LogP contribution in [0, 0.1) is 0 Å². The first-order chi connectivity index (χ1) is 14.5. The molecule has 2 aromatic rings. The van der Waals surface area contributed by atoms with Gasteiger partial charge in [0.2, 0.25) is 11.7 Å². The first-order valence-electron chi connectivity index (χ1n) is 10.2. The number of benzene rings is 2. The van der Waals surface area contributed by atoms with Crippen LogP contribution in [0.1, 0.15) is 12.0 Å². The van der Waals surface area contributed by atoms with Crippen LogP contribution in [-0.4, -0.2) is 65.4 Å². The van der Waals surface area contributed by atoms with Gasteiger partial charge in [-0.2, -0.15) is 0 Å². The number of aryl methyl sites for hydroxylation is 1. The molecule has 1 aliphatic rings. The lowest BCUT2D eigenvalue weighted by Gasteiger charge is -2.35. The zero-order valence-electron chi connectivity index (χ0n) is 18.2. The van der Waals surface area contributed by atoms with Crippen LogP contribution in [0.2, 0.25) is 0 Å². The van der Waals surface area contributed by atoms with E-state index < -0.39 is 0 Å². The number of rotatable bonds is 8. The minimum atomic E-state index is -0.0228. The lowest BCUT2D eigenvalue weighted by Crippen LogP contribution is -2.44. The molecular weight excluding hydrogens is 382 g/mol. The van der Waals surface area contributed by atoms with Crippen molar-refractivity contribution in [3.63, 3.8) is 0 Å². The second-order valence-corrected chi connectivity index (χ2v) is 7.39. The molecule has 162 valence electrons. The fraction of sp³-hybridized carbons (Fsp3) is 0.435. The Morgan fingerprint density at radius 2 is 1.60 bits per heavy atom. The second-order valence-electron chi connectivity index (χ2n) is 7.39. The standard InChI is InChI=1S/C23H31N3O4/c1-25-11-13-26(14-12-25)19-8-6-5-7-18(19)24-22(27)10-9-17-15-20(28-2)23(30-4)21(16-17)29-3/h5-8,15-16H,9-14H2,1-4H3,(H,24,27). The fourth-order valence-corrected chi connectivity index (χ4v) is 3.65. The number of likely N-dealkylation sites (N-methyl/N-ethyl adjacent to an activating group) is 1. The lowest BCUT2D eigenvalue weighted by atomic mass is 10.1. The summed E-state index contributed by atoms with van der Waals surface area (Å²) in [6.45, 7) is 3.94. The molecule has 0 saturated carbocycles. The number of methoxy groups -OCH3 is 3. The molecule has 1 aliphatic heterocycles. The van der Waals surface area contributed by atoms with Crippen LogP contribution in [0.15, 0.2) is 36.4 Å². The Morgan fingerprint density at radius 1 is 0.967 bits per heavy atom. The SMILES string of the molecule is COc1cc(CCC(=O)Nc2ccccc2N2CCN(C)CC2)cc(OC)c1OC. The third-order valence-corrected chi connectivity index (χ3v) is 5.39. The summed E-state index contributed by atoms with van der Waals surface area (Å²) in [6, 6.07) is 11.8.